The molecule has 1 heterocycles. The van der Waals surface area contributed by atoms with Gasteiger partial charge in [0.1, 0.15) is 0 Å². The van der Waals surface area contributed by atoms with E-state index >= 15 is 0 Å². The fourth-order valence-corrected chi connectivity index (χ4v) is 1.54. The van der Waals surface area contributed by atoms with Gasteiger partial charge in [-0.05, 0) is 19.3 Å². The van der Waals surface area contributed by atoms with Gasteiger partial charge in [-0.1, -0.05) is 0 Å². The van der Waals surface area contributed by atoms with Gasteiger partial charge < -0.3 is 9.84 Å². The van der Waals surface area contributed by atoms with Crippen molar-refractivity contribution in [3.05, 3.63) is 0 Å². The second kappa shape index (κ2) is 5.18. The van der Waals surface area contributed by atoms with E-state index in [0.717, 1.165) is 19.4 Å². The predicted octanol–water partition coefficient (Wildman–Crippen LogP) is 1.19. The molecule has 1 fully saturated rings. The minimum absolute atomic E-state index is 0.263. The van der Waals surface area contributed by atoms with Crippen LogP contribution in [0, 0.1) is 18.3 Å². The van der Waals surface area contributed by atoms with E-state index in [1.165, 1.54) is 0 Å². The van der Waals surface area contributed by atoms with Gasteiger partial charge in [-0.25, -0.2) is 0 Å². The number of rotatable bonds is 3. The average Bonchev–Trinajstić information content (AvgIpc) is 2.15. The van der Waals surface area contributed by atoms with Crippen molar-refractivity contribution < 1.29 is 9.84 Å². The number of aliphatic hydroxyl groups excluding tert-OH is 1. The molecule has 0 aromatic rings. The molecular weight excluding hydrogens is 152 g/mol. The van der Waals surface area contributed by atoms with Crippen molar-refractivity contribution in [2.75, 3.05) is 13.2 Å². The molecule has 1 aliphatic heterocycles. The second-order valence-electron chi connectivity index (χ2n) is 3.29. The van der Waals surface area contributed by atoms with E-state index in [0.29, 0.717) is 25.4 Å². The number of aliphatic hydroxyl groups is 1. The molecule has 68 valence electrons. The summed E-state index contributed by atoms with van der Waals surface area (Å²) < 4.78 is 5.27. The van der Waals surface area contributed by atoms with Gasteiger partial charge in [0.05, 0.1) is 12.7 Å². The van der Waals surface area contributed by atoms with Crippen LogP contribution in [0.2, 0.25) is 0 Å². The molecule has 0 aromatic carbocycles. The van der Waals surface area contributed by atoms with Crippen LogP contribution in [-0.2, 0) is 4.74 Å². The molecule has 0 bridgehead atoms. The highest BCUT2D eigenvalue weighted by Gasteiger charge is 2.21. The SMILES string of the molecule is C#CCCC(O)C1CCCOC1. The lowest BCUT2D eigenvalue weighted by molar-refractivity contribution is -0.0112. The Labute approximate surface area is 73.9 Å². The van der Waals surface area contributed by atoms with Crippen molar-refractivity contribution in [2.45, 2.75) is 31.8 Å². The Morgan fingerprint density at radius 3 is 3.08 bits per heavy atom. The first kappa shape index (κ1) is 9.57. The van der Waals surface area contributed by atoms with Crippen LogP contribution in [0.5, 0.6) is 0 Å². The molecule has 0 radical (unpaired) electrons. The molecule has 0 spiro atoms. The summed E-state index contributed by atoms with van der Waals surface area (Å²) >= 11 is 0. The summed E-state index contributed by atoms with van der Waals surface area (Å²) in [6, 6.07) is 0. The Morgan fingerprint density at radius 1 is 1.67 bits per heavy atom. The number of hydrogen-bond donors (Lipinski definition) is 1. The fraction of sp³-hybridized carbons (Fsp3) is 0.800. The third-order valence-corrected chi connectivity index (χ3v) is 2.32. The quantitative estimate of drug-likeness (QED) is 0.641. The van der Waals surface area contributed by atoms with E-state index in [9.17, 15) is 5.11 Å². The molecule has 1 aliphatic rings. The third kappa shape index (κ3) is 2.84. The molecule has 2 atom stereocenters. The minimum atomic E-state index is -0.263. The van der Waals surface area contributed by atoms with Gasteiger partial charge in [-0.3, -0.25) is 0 Å². The molecule has 1 saturated heterocycles. The summed E-state index contributed by atoms with van der Waals surface area (Å²) in [6.07, 6.45) is 8.37. The molecule has 2 nitrogen and oxygen atoms in total. The lowest BCUT2D eigenvalue weighted by Gasteiger charge is -2.26. The summed E-state index contributed by atoms with van der Waals surface area (Å²) in [5, 5.41) is 9.63. The van der Waals surface area contributed by atoms with Crippen LogP contribution >= 0.6 is 0 Å². The van der Waals surface area contributed by atoms with E-state index < -0.39 is 0 Å². The highest BCUT2D eigenvalue weighted by molar-refractivity contribution is 4.85. The van der Waals surface area contributed by atoms with E-state index in [1.54, 1.807) is 0 Å². The number of hydrogen-bond acceptors (Lipinski definition) is 2. The molecule has 1 N–H and O–H groups in total. The second-order valence-corrected chi connectivity index (χ2v) is 3.29. The standard InChI is InChI=1S/C10H16O2/c1-2-3-6-10(11)9-5-4-7-12-8-9/h1,9-11H,3-8H2. The van der Waals surface area contributed by atoms with E-state index in [1.807, 2.05) is 0 Å². The Kier molecular flexibility index (Phi) is 4.13. The van der Waals surface area contributed by atoms with Crippen molar-refractivity contribution in [2.24, 2.45) is 5.92 Å². The maximum absolute atomic E-state index is 9.63. The predicted molar refractivity (Wildman–Crippen MR) is 47.6 cm³/mol. The smallest absolute Gasteiger partial charge is 0.0599 e. The lowest BCUT2D eigenvalue weighted by Crippen LogP contribution is -2.28. The maximum Gasteiger partial charge on any atom is 0.0599 e. The van der Waals surface area contributed by atoms with Gasteiger partial charge in [0, 0.05) is 18.9 Å². The van der Waals surface area contributed by atoms with Crippen LogP contribution in [-0.4, -0.2) is 24.4 Å². The highest BCUT2D eigenvalue weighted by Crippen LogP contribution is 2.19. The zero-order valence-electron chi connectivity index (χ0n) is 7.33. The summed E-state index contributed by atoms with van der Waals surface area (Å²) in [4.78, 5) is 0. The molecule has 0 amide bonds. The zero-order valence-corrected chi connectivity index (χ0v) is 7.33. The molecule has 1 rings (SSSR count). The van der Waals surface area contributed by atoms with Crippen LogP contribution < -0.4 is 0 Å². The molecule has 0 aliphatic carbocycles. The van der Waals surface area contributed by atoms with Gasteiger partial charge in [0.25, 0.3) is 0 Å². The summed E-state index contributed by atoms with van der Waals surface area (Å²) in [6.45, 7) is 1.55. The summed E-state index contributed by atoms with van der Waals surface area (Å²) in [5.74, 6) is 2.85. The Bertz CT molecular complexity index is 154. The zero-order chi connectivity index (χ0) is 8.81. The van der Waals surface area contributed by atoms with Crippen molar-refractivity contribution in [1.82, 2.24) is 0 Å². The lowest BCUT2D eigenvalue weighted by atomic mass is 9.93. The first-order chi connectivity index (χ1) is 5.84. The minimum Gasteiger partial charge on any atom is -0.393 e. The van der Waals surface area contributed by atoms with E-state index in [4.69, 9.17) is 11.2 Å². The first-order valence-corrected chi connectivity index (χ1v) is 4.54. The Hall–Kier alpha value is -0.520. The summed E-state index contributed by atoms with van der Waals surface area (Å²) in [7, 11) is 0. The number of terminal acetylenes is 1. The number of ether oxygens (including phenoxy) is 1. The van der Waals surface area contributed by atoms with Gasteiger partial charge in [0.15, 0.2) is 0 Å². The van der Waals surface area contributed by atoms with Crippen molar-refractivity contribution >= 4 is 0 Å². The van der Waals surface area contributed by atoms with Crippen LogP contribution in [0.15, 0.2) is 0 Å². The molecule has 0 saturated carbocycles. The maximum atomic E-state index is 9.63. The molecule has 12 heavy (non-hydrogen) atoms. The fourth-order valence-electron chi connectivity index (χ4n) is 1.54. The molecule has 0 aromatic heterocycles. The monoisotopic (exact) mass is 168 g/mol. The molecule has 2 heteroatoms. The van der Waals surface area contributed by atoms with Gasteiger partial charge in [-0.2, -0.15) is 0 Å². The van der Waals surface area contributed by atoms with Crippen LogP contribution in [0.25, 0.3) is 0 Å². The van der Waals surface area contributed by atoms with Crippen molar-refractivity contribution in [3.63, 3.8) is 0 Å². The van der Waals surface area contributed by atoms with Crippen molar-refractivity contribution in [3.8, 4) is 12.3 Å². The normalized spacial score (nSPS) is 26.2. The van der Waals surface area contributed by atoms with Crippen LogP contribution in [0.3, 0.4) is 0 Å². The Morgan fingerprint density at radius 2 is 2.50 bits per heavy atom. The van der Waals surface area contributed by atoms with Crippen molar-refractivity contribution in [1.29, 1.82) is 0 Å². The first-order valence-electron chi connectivity index (χ1n) is 4.54. The summed E-state index contributed by atoms with van der Waals surface area (Å²) in [5.41, 5.74) is 0. The molecule has 2 unspecified atom stereocenters. The topological polar surface area (TPSA) is 29.5 Å². The Balaban J connectivity index is 2.21. The van der Waals surface area contributed by atoms with E-state index in [2.05, 4.69) is 5.92 Å². The highest BCUT2D eigenvalue weighted by atomic mass is 16.5. The average molecular weight is 168 g/mol. The largest absolute Gasteiger partial charge is 0.393 e. The van der Waals surface area contributed by atoms with Crippen LogP contribution in [0.4, 0.5) is 0 Å². The van der Waals surface area contributed by atoms with Crippen LogP contribution in [0.1, 0.15) is 25.7 Å². The molecular formula is C10H16O2. The third-order valence-electron chi connectivity index (χ3n) is 2.32. The van der Waals surface area contributed by atoms with E-state index in [-0.39, 0.29) is 6.10 Å². The van der Waals surface area contributed by atoms with Gasteiger partial charge in [-0.15, -0.1) is 12.3 Å². The van der Waals surface area contributed by atoms with Gasteiger partial charge in [0.2, 0.25) is 0 Å². The van der Waals surface area contributed by atoms with Gasteiger partial charge >= 0.3 is 0 Å².